The molecule has 0 fully saturated rings. The summed E-state index contributed by atoms with van der Waals surface area (Å²) in [7, 11) is -3.78. The van der Waals surface area contributed by atoms with Gasteiger partial charge < -0.3 is 9.84 Å². The number of sulfonamides is 1. The molecule has 6 nitrogen and oxygen atoms in total. The van der Waals surface area contributed by atoms with E-state index >= 15 is 0 Å². The molecule has 1 aromatic rings. The number of ether oxygens (including phenoxy) is 1. The number of aromatic carboxylic acids is 1. The van der Waals surface area contributed by atoms with Gasteiger partial charge >= 0.3 is 5.97 Å². The van der Waals surface area contributed by atoms with Gasteiger partial charge in [-0.05, 0) is 39.0 Å². The third-order valence-electron chi connectivity index (χ3n) is 2.70. The van der Waals surface area contributed by atoms with Crippen LogP contribution in [0.15, 0.2) is 23.1 Å². The van der Waals surface area contributed by atoms with Crippen molar-refractivity contribution in [1.29, 1.82) is 0 Å². The lowest BCUT2D eigenvalue weighted by atomic mass is 10.1. The molecule has 0 saturated carbocycles. The lowest BCUT2D eigenvalue weighted by Crippen LogP contribution is -2.40. The van der Waals surface area contributed by atoms with Crippen molar-refractivity contribution in [2.75, 3.05) is 13.2 Å². The standard InChI is InChI=1S/C13H18ClNO5S/c1-4-20-13(2,3)8-15-21(18,19)9-5-6-10(12(16)17)11(14)7-9/h5-7,15H,4,8H2,1-3H3,(H,16,17). The largest absolute Gasteiger partial charge is 0.478 e. The van der Waals surface area contributed by atoms with Gasteiger partial charge in [-0.15, -0.1) is 0 Å². The van der Waals surface area contributed by atoms with E-state index in [1.54, 1.807) is 13.8 Å². The van der Waals surface area contributed by atoms with Crippen molar-refractivity contribution in [1.82, 2.24) is 4.72 Å². The normalized spacial score (nSPS) is 12.4. The molecule has 118 valence electrons. The smallest absolute Gasteiger partial charge is 0.337 e. The minimum Gasteiger partial charge on any atom is -0.478 e. The molecule has 0 heterocycles. The zero-order valence-electron chi connectivity index (χ0n) is 12.0. The van der Waals surface area contributed by atoms with Crippen LogP contribution in [0.3, 0.4) is 0 Å². The fourth-order valence-electron chi connectivity index (χ4n) is 1.63. The molecule has 0 bridgehead atoms. The highest BCUT2D eigenvalue weighted by atomic mass is 35.5. The summed E-state index contributed by atoms with van der Waals surface area (Å²) < 4.78 is 32.1. The zero-order chi connectivity index (χ0) is 16.3. The molecule has 0 radical (unpaired) electrons. The topological polar surface area (TPSA) is 92.7 Å². The predicted molar refractivity (Wildman–Crippen MR) is 79.3 cm³/mol. The van der Waals surface area contributed by atoms with Gasteiger partial charge in [0.25, 0.3) is 0 Å². The number of hydrogen-bond acceptors (Lipinski definition) is 4. The predicted octanol–water partition coefficient (Wildman–Crippen LogP) is 2.13. The molecule has 1 aromatic carbocycles. The number of carbonyl (C=O) groups is 1. The number of nitrogens with one attached hydrogen (secondary N) is 1. The number of rotatable bonds is 7. The van der Waals surface area contributed by atoms with E-state index in [2.05, 4.69) is 4.72 Å². The average Bonchev–Trinajstić information content (AvgIpc) is 2.36. The van der Waals surface area contributed by atoms with Crippen molar-refractivity contribution in [3.05, 3.63) is 28.8 Å². The molecule has 0 unspecified atom stereocenters. The summed E-state index contributed by atoms with van der Waals surface area (Å²) in [5.41, 5.74) is -0.794. The fraction of sp³-hybridized carbons (Fsp3) is 0.462. The van der Waals surface area contributed by atoms with Crippen molar-refractivity contribution < 1.29 is 23.1 Å². The van der Waals surface area contributed by atoms with Gasteiger partial charge in [-0.2, -0.15) is 0 Å². The van der Waals surface area contributed by atoms with Crippen LogP contribution in [0, 0.1) is 0 Å². The highest BCUT2D eigenvalue weighted by Gasteiger charge is 2.23. The Kier molecular flexibility index (Phi) is 5.75. The molecule has 1 rings (SSSR count). The Balaban J connectivity index is 2.94. The summed E-state index contributed by atoms with van der Waals surface area (Å²) in [4.78, 5) is 10.8. The van der Waals surface area contributed by atoms with Crippen molar-refractivity contribution in [3.63, 3.8) is 0 Å². The number of carboxylic acids is 1. The van der Waals surface area contributed by atoms with Crippen LogP contribution in [0.4, 0.5) is 0 Å². The van der Waals surface area contributed by atoms with Gasteiger partial charge in [-0.3, -0.25) is 0 Å². The minimum atomic E-state index is -3.78. The van der Waals surface area contributed by atoms with E-state index in [0.29, 0.717) is 6.61 Å². The lowest BCUT2D eigenvalue weighted by molar-refractivity contribution is -0.00515. The van der Waals surface area contributed by atoms with Gasteiger partial charge in [0.05, 0.1) is 21.1 Å². The Bertz CT molecular complexity index is 627. The average molecular weight is 336 g/mol. The monoisotopic (exact) mass is 335 g/mol. The Morgan fingerprint density at radius 1 is 1.43 bits per heavy atom. The molecular formula is C13H18ClNO5S. The van der Waals surface area contributed by atoms with E-state index in [1.165, 1.54) is 6.07 Å². The van der Waals surface area contributed by atoms with E-state index in [4.69, 9.17) is 21.4 Å². The highest BCUT2D eigenvalue weighted by molar-refractivity contribution is 7.89. The molecule has 0 spiro atoms. The van der Waals surface area contributed by atoms with E-state index in [0.717, 1.165) is 12.1 Å². The first-order valence-corrected chi connectivity index (χ1v) is 8.11. The molecule has 0 aliphatic carbocycles. The van der Waals surface area contributed by atoms with Gasteiger partial charge in [-0.25, -0.2) is 17.9 Å². The Hall–Kier alpha value is -1.15. The SMILES string of the molecule is CCOC(C)(C)CNS(=O)(=O)c1ccc(C(=O)O)c(Cl)c1. The molecule has 0 amide bonds. The third kappa shape index (κ3) is 4.96. The van der Waals surface area contributed by atoms with E-state index < -0.39 is 21.6 Å². The van der Waals surface area contributed by atoms with Crippen molar-refractivity contribution >= 4 is 27.6 Å². The molecule has 0 aliphatic rings. The maximum Gasteiger partial charge on any atom is 0.337 e. The minimum absolute atomic E-state index is 0.0848. The van der Waals surface area contributed by atoms with Gasteiger partial charge in [0.2, 0.25) is 10.0 Å². The second kappa shape index (κ2) is 6.74. The van der Waals surface area contributed by atoms with E-state index in [-0.39, 0.29) is 22.0 Å². The van der Waals surface area contributed by atoms with Crippen LogP contribution in [-0.4, -0.2) is 38.2 Å². The van der Waals surface area contributed by atoms with Crippen LogP contribution in [0.5, 0.6) is 0 Å². The maximum atomic E-state index is 12.1. The summed E-state index contributed by atoms with van der Waals surface area (Å²) in [5.74, 6) is -1.21. The van der Waals surface area contributed by atoms with Gasteiger partial charge in [0.15, 0.2) is 0 Å². The van der Waals surface area contributed by atoms with Gasteiger partial charge in [-0.1, -0.05) is 11.6 Å². The number of hydrogen-bond donors (Lipinski definition) is 2. The number of halogens is 1. The first-order chi connectivity index (χ1) is 9.59. The van der Waals surface area contributed by atoms with E-state index in [1.807, 2.05) is 6.92 Å². The second-order valence-electron chi connectivity index (χ2n) is 4.96. The van der Waals surface area contributed by atoms with Crippen molar-refractivity contribution in [3.8, 4) is 0 Å². The van der Waals surface area contributed by atoms with Crippen LogP contribution in [0.2, 0.25) is 5.02 Å². The lowest BCUT2D eigenvalue weighted by Gasteiger charge is -2.24. The highest BCUT2D eigenvalue weighted by Crippen LogP contribution is 2.21. The quantitative estimate of drug-likeness (QED) is 0.796. The van der Waals surface area contributed by atoms with Crippen molar-refractivity contribution in [2.24, 2.45) is 0 Å². The summed E-state index contributed by atoms with van der Waals surface area (Å²) in [6, 6.07) is 3.47. The molecule has 0 aliphatic heterocycles. The van der Waals surface area contributed by atoms with Crippen LogP contribution in [0.1, 0.15) is 31.1 Å². The van der Waals surface area contributed by atoms with Crippen molar-refractivity contribution in [2.45, 2.75) is 31.3 Å². The molecule has 8 heteroatoms. The Morgan fingerprint density at radius 3 is 2.52 bits per heavy atom. The maximum absolute atomic E-state index is 12.1. The van der Waals surface area contributed by atoms with Crippen LogP contribution in [0.25, 0.3) is 0 Å². The first kappa shape index (κ1) is 17.9. The Labute approximate surface area is 129 Å². The number of carboxylic acid groups (broad SMARTS) is 1. The van der Waals surface area contributed by atoms with Crippen LogP contribution < -0.4 is 4.72 Å². The molecule has 0 saturated heterocycles. The number of benzene rings is 1. The zero-order valence-corrected chi connectivity index (χ0v) is 13.6. The summed E-state index contributed by atoms with van der Waals surface area (Å²) in [5, 5.41) is 8.73. The van der Waals surface area contributed by atoms with Crippen LogP contribution in [-0.2, 0) is 14.8 Å². The van der Waals surface area contributed by atoms with Crippen LogP contribution >= 0.6 is 11.6 Å². The van der Waals surface area contributed by atoms with Gasteiger partial charge in [0.1, 0.15) is 0 Å². The molecular weight excluding hydrogens is 318 g/mol. The summed E-state index contributed by atoms with van der Waals surface area (Å²) in [6.07, 6.45) is 0. The molecule has 0 aromatic heterocycles. The van der Waals surface area contributed by atoms with Gasteiger partial charge in [0, 0.05) is 13.2 Å². The molecule has 21 heavy (non-hydrogen) atoms. The Morgan fingerprint density at radius 2 is 2.05 bits per heavy atom. The third-order valence-corrected chi connectivity index (χ3v) is 4.42. The molecule has 0 atom stereocenters. The summed E-state index contributed by atoms with van der Waals surface area (Å²) >= 11 is 5.77. The fourth-order valence-corrected chi connectivity index (χ4v) is 3.18. The summed E-state index contributed by atoms with van der Waals surface area (Å²) in [6.45, 7) is 5.90. The first-order valence-electron chi connectivity index (χ1n) is 6.25. The second-order valence-corrected chi connectivity index (χ2v) is 7.14. The van der Waals surface area contributed by atoms with E-state index in [9.17, 15) is 13.2 Å². The molecule has 2 N–H and O–H groups in total.